The fourth-order valence-electron chi connectivity index (χ4n) is 4.34. The van der Waals surface area contributed by atoms with Crippen LogP contribution in [0.1, 0.15) is 34.6 Å². The number of benzene rings is 3. The topological polar surface area (TPSA) is 58.1 Å². The van der Waals surface area contributed by atoms with Crippen molar-refractivity contribution in [1.82, 2.24) is 14.7 Å². The summed E-state index contributed by atoms with van der Waals surface area (Å²) in [6.45, 7) is 2.56. The molecule has 1 N–H and O–H groups in total. The van der Waals surface area contributed by atoms with Crippen LogP contribution in [0.5, 0.6) is 0 Å². The van der Waals surface area contributed by atoms with Gasteiger partial charge in [-0.2, -0.15) is 4.37 Å². The van der Waals surface area contributed by atoms with Crippen LogP contribution in [0.4, 0.5) is 5.13 Å². The van der Waals surface area contributed by atoms with E-state index in [0.717, 1.165) is 58.6 Å². The molecule has 1 saturated heterocycles. The van der Waals surface area contributed by atoms with Gasteiger partial charge >= 0.3 is 0 Å². The Bertz CT molecular complexity index is 1250. The van der Waals surface area contributed by atoms with Crippen LogP contribution >= 0.6 is 23.1 Å². The number of piperidine rings is 1. The van der Waals surface area contributed by atoms with E-state index in [2.05, 4.69) is 26.7 Å². The summed E-state index contributed by atoms with van der Waals surface area (Å²) >= 11 is 7.43. The number of halogens is 1. The maximum atomic E-state index is 12.6. The van der Waals surface area contributed by atoms with Crippen LogP contribution in [0.25, 0.3) is 11.1 Å². The van der Waals surface area contributed by atoms with Crippen molar-refractivity contribution in [3.05, 3.63) is 101 Å². The summed E-state index contributed by atoms with van der Waals surface area (Å²) in [5.41, 5.74) is 4.12. The minimum absolute atomic E-state index is 0.0111. The van der Waals surface area contributed by atoms with Gasteiger partial charge in [0.05, 0.1) is 0 Å². The predicted molar refractivity (Wildman–Crippen MR) is 143 cm³/mol. The molecular formula is C28H27ClN4OS. The van der Waals surface area contributed by atoms with E-state index in [0.29, 0.717) is 24.4 Å². The third-order valence-corrected chi connectivity index (χ3v) is 7.49. The molecular weight excluding hydrogens is 476 g/mol. The lowest BCUT2D eigenvalue weighted by molar-refractivity contribution is 0.0945. The maximum absolute atomic E-state index is 12.6. The zero-order chi connectivity index (χ0) is 24.0. The average Bonchev–Trinajstić information content (AvgIpc) is 3.38. The molecule has 0 unspecified atom stereocenters. The molecule has 5 rings (SSSR count). The Kier molecular flexibility index (Phi) is 7.40. The molecule has 0 saturated carbocycles. The number of amides is 1. The Hall–Kier alpha value is -3.22. The van der Waals surface area contributed by atoms with Crippen LogP contribution in [0.2, 0.25) is 5.02 Å². The third-order valence-electron chi connectivity index (χ3n) is 6.42. The largest absolute Gasteiger partial charge is 0.352 e. The first-order valence-electron chi connectivity index (χ1n) is 11.9. The fourth-order valence-corrected chi connectivity index (χ4v) is 5.20. The first-order valence-corrected chi connectivity index (χ1v) is 13.0. The second-order valence-electron chi connectivity index (χ2n) is 8.88. The standard InChI is InChI=1S/C28H27ClN4OS/c29-25-12-6-20(7-13-25)18-26-31-28(35-32-26)33-16-14-21(15-17-33)19-30-27(34)24-10-8-23(9-11-24)22-4-2-1-3-5-22/h1-13,21H,14-19H2,(H,30,34). The third kappa shape index (κ3) is 6.08. The lowest BCUT2D eigenvalue weighted by Crippen LogP contribution is -2.38. The molecule has 0 spiro atoms. The summed E-state index contributed by atoms with van der Waals surface area (Å²) in [6, 6.07) is 25.8. The highest BCUT2D eigenvalue weighted by Gasteiger charge is 2.22. The molecule has 0 radical (unpaired) electrons. The Morgan fingerprint density at radius 2 is 1.63 bits per heavy atom. The number of carbonyl (C=O) groups excluding carboxylic acids is 1. The van der Waals surface area contributed by atoms with E-state index in [1.807, 2.05) is 66.7 Å². The average molecular weight is 503 g/mol. The highest BCUT2D eigenvalue weighted by molar-refractivity contribution is 7.09. The van der Waals surface area contributed by atoms with Gasteiger partial charge in [-0.05, 0) is 59.7 Å². The minimum atomic E-state index is -0.0111. The number of rotatable bonds is 7. The van der Waals surface area contributed by atoms with Gasteiger partial charge in [-0.1, -0.05) is 66.2 Å². The Balaban J connectivity index is 1.08. The summed E-state index contributed by atoms with van der Waals surface area (Å²) in [4.78, 5) is 19.7. The quantitative estimate of drug-likeness (QED) is 0.332. The molecule has 1 aromatic heterocycles. The van der Waals surface area contributed by atoms with Crippen molar-refractivity contribution in [3.8, 4) is 11.1 Å². The predicted octanol–water partition coefficient (Wildman–Crippen LogP) is 6.10. The summed E-state index contributed by atoms with van der Waals surface area (Å²) < 4.78 is 4.55. The Labute approximate surface area is 215 Å². The van der Waals surface area contributed by atoms with E-state index in [1.54, 1.807) is 0 Å². The minimum Gasteiger partial charge on any atom is -0.352 e. The molecule has 178 valence electrons. The van der Waals surface area contributed by atoms with Crippen LogP contribution in [-0.2, 0) is 6.42 Å². The highest BCUT2D eigenvalue weighted by Crippen LogP contribution is 2.25. The molecule has 0 atom stereocenters. The Morgan fingerprint density at radius 1 is 0.943 bits per heavy atom. The van der Waals surface area contributed by atoms with Gasteiger partial charge < -0.3 is 10.2 Å². The van der Waals surface area contributed by atoms with E-state index in [1.165, 1.54) is 11.5 Å². The normalized spacial score (nSPS) is 14.1. The van der Waals surface area contributed by atoms with Crippen molar-refractivity contribution in [3.63, 3.8) is 0 Å². The van der Waals surface area contributed by atoms with E-state index in [4.69, 9.17) is 16.6 Å². The van der Waals surface area contributed by atoms with E-state index in [9.17, 15) is 4.79 Å². The molecule has 7 heteroatoms. The van der Waals surface area contributed by atoms with Gasteiger partial charge in [-0.25, -0.2) is 4.98 Å². The number of hydrogen-bond acceptors (Lipinski definition) is 5. The molecule has 1 amide bonds. The van der Waals surface area contributed by atoms with Gasteiger partial charge in [0, 0.05) is 48.2 Å². The monoisotopic (exact) mass is 502 g/mol. The molecule has 3 aromatic carbocycles. The number of nitrogens with one attached hydrogen (secondary N) is 1. The van der Waals surface area contributed by atoms with Gasteiger partial charge in [-0.15, -0.1) is 0 Å². The SMILES string of the molecule is O=C(NCC1CCN(c2nc(Cc3ccc(Cl)cc3)ns2)CC1)c1ccc(-c2ccccc2)cc1. The Morgan fingerprint density at radius 3 is 2.34 bits per heavy atom. The number of carbonyl (C=O) groups is 1. The lowest BCUT2D eigenvalue weighted by atomic mass is 9.97. The van der Waals surface area contributed by atoms with Gasteiger partial charge in [0.25, 0.3) is 5.91 Å². The second-order valence-corrected chi connectivity index (χ2v) is 10.0. The lowest BCUT2D eigenvalue weighted by Gasteiger charge is -2.31. The summed E-state index contributed by atoms with van der Waals surface area (Å²) in [5, 5.41) is 4.84. The fraction of sp³-hybridized carbons (Fsp3) is 0.250. The van der Waals surface area contributed by atoms with Crippen molar-refractivity contribution < 1.29 is 4.79 Å². The van der Waals surface area contributed by atoms with Crippen molar-refractivity contribution in [2.75, 3.05) is 24.5 Å². The van der Waals surface area contributed by atoms with E-state index >= 15 is 0 Å². The first kappa shape index (κ1) is 23.5. The van der Waals surface area contributed by atoms with Crippen molar-refractivity contribution in [2.45, 2.75) is 19.3 Å². The molecule has 0 aliphatic carbocycles. The molecule has 4 aromatic rings. The van der Waals surface area contributed by atoms with Gasteiger partial charge in [0.15, 0.2) is 0 Å². The zero-order valence-electron chi connectivity index (χ0n) is 19.4. The summed E-state index contributed by atoms with van der Waals surface area (Å²) in [7, 11) is 0. The van der Waals surface area contributed by atoms with Crippen LogP contribution < -0.4 is 10.2 Å². The summed E-state index contributed by atoms with van der Waals surface area (Å²) in [5.74, 6) is 1.31. The maximum Gasteiger partial charge on any atom is 0.251 e. The molecule has 35 heavy (non-hydrogen) atoms. The van der Waals surface area contributed by atoms with Crippen LogP contribution in [0.3, 0.4) is 0 Å². The van der Waals surface area contributed by atoms with Gasteiger partial charge in [0.1, 0.15) is 5.82 Å². The van der Waals surface area contributed by atoms with Crippen LogP contribution in [-0.4, -0.2) is 34.9 Å². The molecule has 1 fully saturated rings. The van der Waals surface area contributed by atoms with Gasteiger partial charge in [-0.3, -0.25) is 4.79 Å². The van der Waals surface area contributed by atoms with Crippen molar-refractivity contribution in [2.24, 2.45) is 5.92 Å². The van der Waals surface area contributed by atoms with Crippen LogP contribution in [0.15, 0.2) is 78.9 Å². The summed E-state index contributed by atoms with van der Waals surface area (Å²) in [6.07, 6.45) is 2.77. The number of aromatic nitrogens is 2. The molecule has 1 aliphatic heterocycles. The number of anilines is 1. The molecule has 5 nitrogen and oxygen atoms in total. The van der Waals surface area contributed by atoms with Crippen molar-refractivity contribution in [1.29, 1.82) is 0 Å². The molecule has 1 aliphatic rings. The highest BCUT2D eigenvalue weighted by atomic mass is 35.5. The first-order chi connectivity index (χ1) is 17.1. The smallest absolute Gasteiger partial charge is 0.251 e. The van der Waals surface area contributed by atoms with E-state index in [-0.39, 0.29) is 5.91 Å². The van der Waals surface area contributed by atoms with E-state index < -0.39 is 0 Å². The number of nitrogens with zero attached hydrogens (tertiary/aromatic N) is 3. The van der Waals surface area contributed by atoms with Crippen molar-refractivity contribution >= 4 is 34.2 Å². The number of hydrogen-bond donors (Lipinski definition) is 1. The molecule has 2 heterocycles. The van der Waals surface area contributed by atoms with Crippen LogP contribution in [0, 0.1) is 5.92 Å². The second kappa shape index (κ2) is 11.0. The molecule has 0 bridgehead atoms. The van der Waals surface area contributed by atoms with Gasteiger partial charge in [0.2, 0.25) is 5.13 Å². The zero-order valence-corrected chi connectivity index (χ0v) is 20.9.